The van der Waals surface area contributed by atoms with E-state index in [-0.39, 0.29) is 6.04 Å². The minimum Gasteiger partial charge on any atom is -0.390 e. The summed E-state index contributed by atoms with van der Waals surface area (Å²) in [7, 11) is 0. The number of piperidine rings is 1. The van der Waals surface area contributed by atoms with Gasteiger partial charge in [-0.15, -0.1) is 0 Å². The van der Waals surface area contributed by atoms with Crippen molar-refractivity contribution in [1.82, 2.24) is 10.2 Å². The standard InChI is InChI=1S/C10H20N2O3/c1-2-11-10(15)4-6-12-5-3-7(13)8(14)9(10)12/h7-9,11,13-15H,2-6H2,1H3. The van der Waals surface area contributed by atoms with Gasteiger partial charge in [0.25, 0.3) is 0 Å². The van der Waals surface area contributed by atoms with E-state index in [4.69, 9.17) is 0 Å². The van der Waals surface area contributed by atoms with Gasteiger partial charge in [-0.25, -0.2) is 0 Å². The van der Waals surface area contributed by atoms with Gasteiger partial charge >= 0.3 is 0 Å². The number of aliphatic hydroxyl groups excluding tert-OH is 2. The summed E-state index contributed by atoms with van der Waals surface area (Å²) in [5, 5.41) is 32.9. The fourth-order valence-corrected chi connectivity index (χ4v) is 2.83. The van der Waals surface area contributed by atoms with Gasteiger partial charge in [0.2, 0.25) is 0 Å². The largest absolute Gasteiger partial charge is 0.390 e. The lowest BCUT2D eigenvalue weighted by Crippen LogP contribution is -2.64. The average Bonchev–Trinajstić information content (AvgIpc) is 2.51. The molecule has 0 amide bonds. The molecular formula is C10H20N2O3. The number of hydrogen-bond acceptors (Lipinski definition) is 5. The van der Waals surface area contributed by atoms with E-state index in [1.54, 1.807) is 0 Å². The van der Waals surface area contributed by atoms with E-state index < -0.39 is 17.9 Å². The first-order valence-electron chi connectivity index (χ1n) is 5.66. The Morgan fingerprint density at radius 3 is 2.80 bits per heavy atom. The molecule has 4 N–H and O–H groups in total. The highest BCUT2D eigenvalue weighted by atomic mass is 16.3. The number of likely N-dealkylation sites (N-methyl/N-ethyl adjacent to an activating group) is 1. The number of aliphatic hydroxyl groups is 3. The first-order chi connectivity index (χ1) is 7.08. The van der Waals surface area contributed by atoms with E-state index in [1.165, 1.54) is 0 Å². The summed E-state index contributed by atoms with van der Waals surface area (Å²) >= 11 is 0. The summed E-state index contributed by atoms with van der Waals surface area (Å²) in [4.78, 5) is 2.06. The van der Waals surface area contributed by atoms with Crippen molar-refractivity contribution in [1.29, 1.82) is 0 Å². The highest BCUT2D eigenvalue weighted by Crippen LogP contribution is 2.33. The normalized spacial score (nSPS) is 46.8. The Kier molecular flexibility index (Phi) is 3.00. The van der Waals surface area contributed by atoms with Crippen LogP contribution in [0.3, 0.4) is 0 Å². The fraction of sp³-hybridized carbons (Fsp3) is 1.00. The van der Waals surface area contributed by atoms with Crippen LogP contribution in [0.5, 0.6) is 0 Å². The zero-order valence-corrected chi connectivity index (χ0v) is 9.06. The minimum absolute atomic E-state index is 0.374. The maximum Gasteiger partial charge on any atom is 0.135 e. The highest BCUT2D eigenvalue weighted by Gasteiger charge is 2.52. The molecule has 2 aliphatic heterocycles. The fourth-order valence-electron chi connectivity index (χ4n) is 2.83. The van der Waals surface area contributed by atoms with Crippen molar-refractivity contribution in [2.45, 2.75) is 43.7 Å². The highest BCUT2D eigenvalue weighted by molar-refractivity contribution is 5.05. The van der Waals surface area contributed by atoms with Gasteiger partial charge in [0.1, 0.15) is 5.72 Å². The Bertz CT molecular complexity index is 239. The molecule has 2 fully saturated rings. The predicted octanol–water partition coefficient (Wildman–Crippen LogP) is -1.52. The lowest BCUT2D eigenvalue weighted by molar-refractivity contribution is -0.129. The lowest BCUT2D eigenvalue weighted by atomic mass is 9.91. The van der Waals surface area contributed by atoms with Crippen molar-refractivity contribution in [3.8, 4) is 0 Å². The molecule has 0 saturated carbocycles. The lowest BCUT2D eigenvalue weighted by Gasteiger charge is -2.42. The third-order valence-electron chi connectivity index (χ3n) is 3.58. The number of hydrogen-bond donors (Lipinski definition) is 4. The van der Waals surface area contributed by atoms with Gasteiger partial charge in [-0.1, -0.05) is 6.92 Å². The average molecular weight is 216 g/mol. The van der Waals surface area contributed by atoms with Crippen molar-refractivity contribution in [2.75, 3.05) is 19.6 Å². The number of nitrogens with zero attached hydrogens (tertiary/aromatic N) is 1. The number of rotatable bonds is 2. The third-order valence-corrected chi connectivity index (χ3v) is 3.58. The Morgan fingerprint density at radius 2 is 2.13 bits per heavy atom. The maximum atomic E-state index is 10.4. The molecule has 4 atom stereocenters. The van der Waals surface area contributed by atoms with Gasteiger partial charge in [-0.05, 0) is 13.0 Å². The SMILES string of the molecule is CCNC1(O)CCN2CCC(O)C(O)C21. The number of nitrogens with one attached hydrogen (secondary N) is 1. The van der Waals surface area contributed by atoms with Crippen LogP contribution in [0.4, 0.5) is 0 Å². The van der Waals surface area contributed by atoms with Gasteiger partial charge in [0.15, 0.2) is 0 Å². The van der Waals surface area contributed by atoms with Crippen LogP contribution in [0, 0.1) is 0 Å². The summed E-state index contributed by atoms with van der Waals surface area (Å²) in [6, 6.07) is -0.374. The van der Waals surface area contributed by atoms with Crippen LogP contribution < -0.4 is 5.32 Å². The smallest absolute Gasteiger partial charge is 0.135 e. The summed E-state index contributed by atoms with van der Waals surface area (Å²) in [5.74, 6) is 0. The van der Waals surface area contributed by atoms with Crippen LogP contribution in [0.15, 0.2) is 0 Å². The Morgan fingerprint density at radius 1 is 1.40 bits per heavy atom. The maximum absolute atomic E-state index is 10.4. The molecule has 4 unspecified atom stereocenters. The Labute approximate surface area is 89.7 Å². The Hall–Kier alpha value is -0.200. The predicted molar refractivity (Wildman–Crippen MR) is 55.2 cm³/mol. The molecule has 5 nitrogen and oxygen atoms in total. The zero-order chi connectivity index (χ0) is 11.1. The minimum atomic E-state index is -1.05. The van der Waals surface area contributed by atoms with E-state index in [2.05, 4.69) is 10.2 Å². The van der Waals surface area contributed by atoms with E-state index in [0.717, 1.165) is 13.1 Å². The molecule has 2 aliphatic rings. The second kappa shape index (κ2) is 3.99. The second-order valence-electron chi connectivity index (χ2n) is 4.53. The molecule has 0 aromatic heterocycles. The molecule has 0 aliphatic carbocycles. The molecule has 0 aromatic carbocycles. The second-order valence-corrected chi connectivity index (χ2v) is 4.53. The van der Waals surface area contributed by atoms with Crippen LogP contribution in [-0.2, 0) is 0 Å². The molecule has 0 radical (unpaired) electrons. The van der Waals surface area contributed by atoms with Crippen molar-refractivity contribution in [3.63, 3.8) is 0 Å². The van der Waals surface area contributed by atoms with Crippen molar-refractivity contribution in [3.05, 3.63) is 0 Å². The first-order valence-corrected chi connectivity index (χ1v) is 5.66. The molecule has 5 heteroatoms. The van der Waals surface area contributed by atoms with Crippen LogP contribution in [0.25, 0.3) is 0 Å². The van der Waals surface area contributed by atoms with Gasteiger partial charge in [-0.3, -0.25) is 10.2 Å². The monoisotopic (exact) mass is 216 g/mol. The molecule has 2 heterocycles. The third kappa shape index (κ3) is 1.79. The molecule has 0 bridgehead atoms. The zero-order valence-electron chi connectivity index (χ0n) is 9.06. The van der Waals surface area contributed by atoms with Crippen LogP contribution in [0.1, 0.15) is 19.8 Å². The molecular weight excluding hydrogens is 196 g/mol. The molecule has 2 rings (SSSR count). The van der Waals surface area contributed by atoms with E-state index >= 15 is 0 Å². The van der Waals surface area contributed by atoms with Crippen molar-refractivity contribution < 1.29 is 15.3 Å². The van der Waals surface area contributed by atoms with Crippen LogP contribution in [0.2, 0.25) is 0 Å². The molecule has 0 spiro atoms. The summed E-state index contributed by atoms with van der Waals surface area (Å²) in [6.45, 7) is 4.10. The van der Waals surface area contributed by atoms with E-state index in [9.17, 15) is 15.3 Å². The molecule has 15 heavy (non-hydrogen) atoms. The van der Waals surface area contributed by atoms with Crippen LogP contribution in [-0.4, -0.2) is 63.8 Å². The van der Waals surface area contributed by atoms with Crippen LogP contribution >= 0.6 is 0 Å². The van der Waals surface area contributed by atoms with Crippen molar-refractivity contribution >= 4 is 0 Å². The molecule has 0 aromatic rings. The first kappa shape index (κ1) is 11.3. The van der Waals surface area contributed by atoms with Gasteiger partial charge < -0.3 is 15.3 Å². The topological polar surface area (TPSA) is 76.0 Å². The van der Waals surface area contributed by atoms with E-state index in [1.807, 2.05) is 6.92 Å². The quantitative estimate of drug-likeness (QED) is 0.422. The molecule has 2 saturated heterocycles. The van der Waals surface area contributed by atoms with Crippen molar-refractivity contribution in [2.24, 2.45) is 0 Å². The summed E-state index contributed by atoms with van der Waals surface area (Å²) in [6.07, 6.45) is -0.380. The summed E-state index contributed by atoms with van der Waals surface area (Å²) < 4.78 is 0. The van der Waals surface area contributed by atoms with Gasteiger partial charge in [0, 0.05) is 19.5 Å². The summed E-state index contributed by atoms with van der Waals surface area (Å²) in [5.41, 5.74) is -1.05. The van der Waals surface area contributed by atoms with Gasteiger partial charge in [-0.2, -0.15) is 0 Å². The molecule has 88 valence electrons. The van der Waals surface area contributed by atoms with Gasteiger partial charge in [0.05, 0.1) is 18.2 Å². The Balaban J connectivity index is 2.16. The number of fused-ring (bicyclic) bond motifs is 1. The van der Waals surface area contributed by atoms with E-state index in [0.29, 0.717) is 19.4 Å².